The molecular weight excluding hydrogens is 286 g/mol. The molecule has 0 aromatic carbocycles. The normalized spacial score (nSPS) is 16.0. The van der Waals surface area contributed by atoms with Crippen molar-refractivity contribution in [3.63, 3.8) is 0 Å². The fraction of sp³-hybridized carbons (Fsp3) is 0.429. The second-order valence-corrected chi connectivity index (χ2v) is 6.19. The third-order valence-electron chi connectivity index (χ3n) is 3.60. The Morgan fingerprint density at radius 3 is 2.90 bits per heavy atom. The minimum Gasteiger partial charge on any atom is -0.355 e. The largest absolute Gasteiger partial charge is 0.355 e. The molecule has 0 saturated carbocycles. The number of aromatic nitrogens is 2. The van der Waals surface area contributed by atoms with Crippen LogP contribution in [0.4, 0.5) is 15.6 Å². The zero-order valence-electron chi connectivity index (χ0n) is 11.9. The van der Waals surface area contributed by atoms with Gasteiger partial charge in [-0.3, -0.25) is 10.4 Å². The molecule has 1 fully saturated rings. The lowest BCUT2D eigenvalue weighted by molar-refractivity contribution is 0.246. The zero-order chi connectivity index (χ0) is 14.7. The highest BCUT2D eigenvalue weighted by molar-refractivity contribution is 7.14. The van der Waals surface area contributed by atoms with E-state index in [2.05, 4.69) is 31.8 Å². The molecule has 6 nitrogen and oxygen atoms in total. The van der Waals surface area contributed by atoms with E-state index in [4.69, 9.17) is 0 Å². The fourth-order valence-corrected chi connectivity index (χ4v) is 3.11. The monoisotopic (exact) mass is 305 g/mol. The standard InChI is InChI=1S/C14H19N5OS/c1-10-9-12(18-17-10)19-6-4-11(5-7-19)15-14(20)16-13-3-2-8-21-13/h2-3,8-9,11H,4-7H2,1H3,(H,17,18)(H2,15,16,20). The molecule has 0 radical (unpaired) electrons. The van der Waals surface area contributed by atoms with Crippen LogP contribution in [0.5, 0.6) is 0 Å². The molecule has 2 aromatic rings. The number of anilines is 2. The molecule has 0 atom stereocenters. The van der Waals surface area contributed by atoms with Crippen molar-refractivity contribution in [2.45, 2.75) is 25.8 Å². The van der Waals surface area contributed by atoms with Gasteiger partial charge in [0.05, 0.1) is 5.00 Å². The van der Waals surface area contributed by atoms with E-state index in [0.717, 1.165) is 42.4 Å². The number of hydrogen-bond donors (Lipinski definition) is 3. The Morgan fingerprint density at radius 2 is 2.29 bits per heavy atom. The van der Waals surface area contributed by atoms with E-state index in [1.54, 1.807) is 0 Å². The number of H-pyrrole nitrogens is 1. The van der Waals surface area contributed by atoms with Gasteiger partial charge in [0.1, 0.15) is 0 Å². The highest BCUT2D eigenvalue weighted by Gasteiger charge is 2.22. The Balaban J connectivity index is 1.46. The molecule has 1 saturated heterocycles. The predicted molar refractivity (Wildman–Crippen MR) is 85.0 cm³/mol. The van der Waals surface area contributed by atoms with E-state index in [-0.39, 0.29) is 12.1 Å². The highest BCUT2D eigenvalue weighted by atomic mass is 32.1. The molecule has 21 heavy (non-hydrogen) atoms. The van der Waals surface area contributed by atoms with Gasteiger partial charge in [0, 0.05) is 30.9 Å². The van der Waals surface area contributed by atoms with Gasteiger partial charge in [-0.15, -0.1) is 11.3 Å². The molecule has 2 amide bonds. The predicted octanol–water partition coefficient (Wildman–Crippen LogP) is 2.57. The number of piperidine rings is 1. The van der Waals surface area contributed by atoms with Crippen molar-refractivity contribution in [1.82, 2.24) is 15.5 Å². The lowest BCUT2D eigenvalue weighted by atomic mass is 10.1. The molecule has 3 heterocycles. The van der Waals surface area contributed by atoms with Gasteiger partial charge in [-0.25, -0.2) is 4.79 Å². The van der Waals surface area contributed by atoms with Crippen molar-refractivity contribution in [2.75, 3.05) is 23.3 Å². The third kappa shape index (κ3) is 3.55. The van der Waals surface area contributed by atoms with Gasteiger partial charge < -0.3 is 10.2 Å². The van der Waals surface area contributed by atoms with Crippen molar-refractivity contribution < 1.29 is 4.79 Å². The van der Waals surface area contributed by atoms with Crippen LogP contribution in [0.25, 0.3) is 0 Å². The van der Waals surface area contributed by atoms with Gasteiger partial charge in [-0.2, -0.15) is 5.10 Å². The fourth-order valence-electron chi connectivity index (χ4n) is 2.50. The second kappa shape index (κ2) is 6.17. The van der Waals surface area contributed by atoms with E-state index < -0.39 is 0 Å². The number of aryl methyl sites for hydroxylation is 1. The Hall–Kier alpha value is -2.02. The Labute approximate surface area is 127 Å². The molecule has 0 unspecified atom stereocenters. The van der Waals surface area contributed by atoms with Gasteiger partial charge in [-0.1, -0.05) is 0 Å². The summed E-state index contributed by atoms with van der Waals surface area (Å²) in [4.78, 5) is 14.1. The van der Waals surface area contributed by atoms with Gasteiger partial charge in [0.2, 0.25) is 0 Å². The smallest absolute Gasteiger partial charge is 0.320 e. The Kier molecular flexibility index (Phi) is 4.10. The number of nitrogens with zero attached hydrogens (tertiary/aromatic N) is 2. The van der Waals surface area contributed by atoms with Gasteiger partial charge in [0.25, 0.3) is 0 Å². The summed E-state index contributed by atoms with van der Waals surface area (Å²) in [5, 5.41) is 15.9. The number of amides is 2. The number of hydrogen-bond acceptors (Lipinski definition) is 4. The van der Waals surface area contributed by atoms with Crippen LogP contribution in [0.3, 0.4) is 0 Å². The first-order chi connectivity index (χ1) is 10.2. The molecule has 1 aliphatic rings. The molecular formula is C14H19N5OS. The maximum atomic E-state index is 11.9. The summed E-state index contributed by atoms with van der Waals surface area (Å²) in [7, 11) is 0. The number of aromatic amines is 1. The van der Waals surface area contributed by atoms with E-state index in [0.29, 0.717) is 0 Å². The van der Waals surface area contributed by atoms with E-state index >= 15 is 0 Å². The lowest BCUT2D eigenvalue weighted by Gasteiger charge is -2.32. The van der Waals surface area contributed by atoms with Gasteiger partial charge in [-0.05, 0) is 37.3 Å². The molecule has 2 aromatic heterocycles. The van der Waals surface area contributed by atoms with Gasteiger partial charge in [0.15, 0.2) is 5.82 Å². The second-order valence-electron chi connectivity index (χ2n) is 5.25. The SMILES string of the molecule is Cc1cc(N2CCC(NC(=O)Nc3cccs3)CC2)n[nH]1. The molecule has 3 N–H and O–H groups in total. The number of rotatable bonds is 3. The van der Waals surface area contributed by atoms with Crippen LogP contribution < -0.4 is 15.5 Å². The average Bonchev–Trinajstić information content (AvgIpc) is 3.11. The van der Waals surface area contributed by atoms with Crippen LogP contribution in [-0.2, 0) is 0 Å². The molecule has 0 bridgehead atoms. The number of carbonyl (C=O) groups is 1. The maximum absolute atomic E-state index is 11.9. The van der Waals surface area contributed by atoms with Crippen LogP contribution in [0.2, 0.25) is 0 Å². The van der Waals surface area contributed by atoms with Crippen molar-refractivity contribution in [3.05, 3.63) is 29.3 Å². The first-order valence-corrected chi connectivity index (χ1v) is 7.96. The van der Waals surface area contributed by atoms with Crippen molar-refractivity contribution in [1.29, 1.82) is 0 Å². The minimum absolute atomic E-state index is 0.119. The van der Waals surface area contributed by atoms with Crippen LogP contribution in [0.1, 0.15) is 18.5 Å². The van der Waals surface area contributed by atoms with E-state index in [1.807, 2.05) is 24.4 Å². The third-order valence-corrected chi connectivity index (χ3v) is 4.39. The first-order valence-electron chi connectivity index (χ1n) is 7.09. The first kappa shape index (κ1) is 13.9. The van der Waals surface area contributed by atoms with Crippen LogP contribution >= 0.6 is 11.3 Å². The lowest BCUT2D eigenvalue weighted by Crippen LogP contribution is -2.46. The Bertz CT molecular complexity index is 586. The zero-order valence-corrected chi connectivity index (χ0v) is 12.7. The van der Waals surface area contributed by atoms with Crippen molar-refractivity contribution in [3.8, 4) is 0 Å². The number of thiophene rings is 1. The summed E-state index contributed by atoms with van der Waals surface area (Å²) in [6.07, 6.45) is 1.87. The van der Waals surface area contributed by atoms with Crippen LogP contribution in [0.15, 0.2) is 23.6 Å². The number of carbonyl (C=O) groups excluding carboxylic acids is 1. The minimum atomic E-state index is -0.119. The summed E-state index contributed by atoms with van der Waals surface area (Å²) < 4.78 is 0. The topological polar surface area (TPSA) is 73.1 Å². The summed E-state index contributed by atoms with van der Waals surface area (Å²) in [6.45, 7) is 3.82. The molecule has 1 aliphatic heterocycles. The van der Waals surface area contributed by atoms with E-state index in [9.17, 15) is 4.79 Å². The van der Waals surface area contributed by atoms with Gasteiger partial charge >= 0.3 is 6.03 Å². The van der Waals surface area contributed by atoms with Crippen LogP contribution in [0, 0.1) is 6.92 Å². The molecule has 7 heteroatoms. The Morgan fingerprint density at radius 1 is 1.48 bits per heavy atom. The van der Waals surface area contributed by atoms with Crippen molar-refractivity contribution in [2.24, 2.45) is 0 Å². The molecule has 3 rings (SSSR count). The summed E-state index contributed by atoms with van der Waals surface area (Å²) in [5.41, 5.74) is 1.07. The van der Waals surface area contributed by atoms with E-state index in [1.165, 1.54) is 11.3 Å². The van der Waals surface area contributed by atoms with Crippen molar-refractivity contribution >= 4 is 28.2 Å². The molecule has 0 spiro atoms. The summed E-state index contributed by atoms with van der Waals surface area (Å²) >= 11 is 1.52. The average molecular weight is 305 g/mol. The molecule has 112 valence electrons. The highest BCUT2D eigenvalue weighted by Crippen LogP contribution is 2.19. The number of nitrogens with one attached hydrogen (secondary N) is 3. The quantitative estimate of drug-likeness (QED) is 0.816. The molecule has 0 aliphatic carbocycles. The number of urea groups is 1. The summed E-state index contributed by atoms with van der Waals surface area (Å²) in [6, 6.07) is 5.97. The maximum Gasteiger partial charge on any atom is 0.320 e. The summed E-state index contributed by atoms with van der Waals surface area (Å²) in [5.74, 6) is 0.994. The van der Waals surface area contributed by atoms with Crippen LogP contribution in [-0.4, -0.2) is 35.4 Å².